The number of halogens is 2. The highest BCUT2D eigenvalue weighted by molar-refractivity contribution is 7.20. The van der Waals surface area contributed by atoms with E-state index in [1.165, 1.54) is 16.9 Å². The van der Waals surface area contributed by atoms with Gasteiger partial charge in [0.2, 0.25) is 0 Å². The molecule has 6 nitrogen and oxygen atoms in total. The van der Waals surface area contributed by atoms with Crippen LogP contribution in [-0.4, -0.2) is 22.7 Å². The average Bonchev–Trinajstić information content (AvgIpc) is 3.19. The summed E-state index contributed by atoms with van der Waals surface area (Å²) >= 11 is 13.1. The van der Waals surface area contributed by atoms with Gasteiger partial charge in [0.1, 0.15) is 10.1 Å². The Hall–Kier alpha value is -2.09. The summed E-state index contributed by atoms with van der Waals surface area (Å²) in [7, 11) is 0. The molecule has 2 heterocycles. The first kappa shape index (κ1) is 18.7. The fraction of sp³-hybridized carbons (Fsp3) is 0.235. The van der Waals surface area contributed by atoms with Crippen LogP contribution >= 0.6 is 34.5 Å². The van der Waals surface area contributed by atoms with Crippen molar-refractivity contribution < 1.29 is 13.9 Å². The molecule has 26 heavy (non-hydrogen) atoms. The normalized spacial score (nSPS) is 11.0. The maximum absolute atomic E-state index is 12.0. The number of rotatable bonds is 6. The fourth-order valence-corrected chi connectivity index (χ4v) is 3.57. The minimum atomic E-state index is -0.414. The molecule has 0 fully saturated rings. The van der Waals surface area contributed by atoms with Crippen LogP contribution in [0.2, 0.25) is 8.67 Å². The van der Waals surface area contributed by atoms with Crippen LogP contribution < -0.4 is 10.1 Å². The van der Waals surface area contributed by atoms with Crippen LogP contribution in [0.15, 0.2) is 34.7 Å². The molecule has 1 aromatic carbocycles. The van der Waals surface area contributed by atoms with Gasteiger partial charge in [-0.15, -0.1) is 16.4 Å². The minimum Gasteiger partial charge on any atom is -0.484 e. The van der Waals surface area contributed by atoms with Crippen molar-refractivity contribution in [2.24, 2.45) is 0 Å². The second-order valence-corrected chi connectivity index (χ2v) is 8.00. The van der Waals surface area contributed by atoms with Crippen molar-refractivity contribution in [2.45, 2.75) is 19.8 Å². The maximum Gasteiger partial charge on any atom is 0.322 e. The molecule has 0 atom stereocenters. The number of amides is 1. The van der Waals surface area contributed by atoms with E-state index in [0.717, 1.165) is 0 Å². The lowest BCUT2D eigenvalue weighted by atomic mass is 10.0. The van der Waals surface area contributed by atoms with Crippen LogP contribution in [-0.2, 0) is 4.79 Å². The van der Waals surface area contributed by atoms with Crippen molar-refractivity contribution in [1.29, 1.82) is 0 Å². The van der Waals surface area contributed by atoms with E-state index in [4.69, 9.17) is 32.4 Å². The molecule has 0 aliphatic rings. The molecule has 2 aromatic heterocycles. The number of aromatic nitrogens is 2. The van der Waals surface area contributed by atoms with E-state index in [0.29, 0.717) is 25.9 Å². The van der Waals surface area contributed by atoms with Crippen molar-refractivity contribution >= 4 is 46.5 Å². The van der Waals surface area contributed by atoms with Gasteiger partial charge in [-0.2, -0.15) is 0 Å². The third-order valence-corrected chi connectivity index (χ3v) is 4.96. The van der Waals surface area contributed by atoms with E-state index in [1.54, 1.807) is 6.07 Å². The highest BCUT2D eigenvalue weighted by Gasteiger charge is 2.16. The second-order valence-electron chi connectivity index (χ2n) is 5.71. The monoisotopic (exact) mass is 411 g/mol. The Labute approximate surface area is 164 Å². The van der Waals surface area contributed by atoms with Crippen molar-refractivity contribution in [3.8, 4) is 17.2 Å². The Morgan fingerprint density at radius 2 is 2.00 bits per heavy atom. The van der Waals surface area contributed by atoms with Gasteiger partial charge in [0.15, 0.2) is 6.61 Å². The standard InChI is InChI=1S/C17H15Cl2N3O3S/c1-9(2)10-3-5-11(6-4-10)24-8-14(23)20-17-22-21-16(25-17)12-7-13(18)26-15(12)19/h3-7,9H,8H2,1-2H3,(H,20,22,23). The molecule has 0 unspecified atom stereocenters. The number of carbonyl (C=O) groups is 1. The lowest BCUT2D eigenvalue weighted by Gasteiger charge is -2.08. The third kappa shape index (κ3) is 4.55. The van der Waals surface area contributed by atoms with E-state index in [9.17, 15) is 4.79 Å². The summed E-state index contributed by atoms with van der Waals surface area (Å²) in [5, 5.41) is 10.1. The van der Waals surface area contributed by atoms with Crippen LogP contribution in [0.3, 0.4) is 0 Å². The molecule has 1 N–H and O–H groups in total. The highest BCUT2D eigenvalue weighted by Crippen LogP contribution is 2.37. The summed E-state index contributed by atoms with van der Waals surface area (Å²) in [6.45, 7) is 4.04. The quantitative estimate of drug-likeness (QED) is 0.599. The second kappa shape index (κ2) is 8.07. The van der Waals surface area contributed by atoms with E-state index in [2.05, 4.69) is 29.4 Å². The Bertz CT molecular complexity index is 906. The van der Waals surface area contributed by atoms with E-state index in [-0.39, 0.29) is 18.5 Å². The fourth-order valence-electron chi connectivity index (χ4n) is 2.12. The number of nitrogens with one attached hydrogen (secondary N) is 1. The van der Waals surface area contributed by atoms with Gasteiger partial charge >= 0.3 is 6.01 Å². The van der Waals surface area contributed by atoms with Gasteiger partial charge in [-0.05, 0) is 29.7 Å². The molecule has 0 saturated heterocycles. The predicted octanol–water partition coefficient (Wildman–Crippen LogP) is 5.25. The van der Waals surface area contributed by atoms with Gasteiger partial charge in [0, 0.05) is 0 Å². The van der Waals surface area contributed by atoms with Gasteiger partial charge in [-0.25, -0.2) is 0 Å². The Morgan fingerprint density at radius 1 is 1.27 bits per heavy atom. The molecule has 136 valence electrons. The van der Waals surface area contributed by atoms with Gasteiger partial charge in [0.05, 0.1) is 9.90 Å². The lowest BCUT2D eigenvalue weighted by Crippen LogP contribution is -2.20. The van der Waals surface area contributed by atoms with Crippen LogP contribution in [0.5, 0.6) is 5.75 Å². The first-order valence-electron chi connectivity index (χ1n) is 7.73. The van der Waals surface area contributed by atoms with E-state index in [1.807, 2.05) is 24.3 Å². The number of nitrogens with zero attached hydrogens (tertiary/aromatic N) is 2. The zero-order valence-electron chi connectivity index (χ0n) is 14.0. The molecule has 0 saturated carbocycles. The van der Waals surface area contributed by atoms with Crippen LogP contribution in [0.1, 0.15) is 25.3 Å². The van der Waals surface area contributed by atoms with Crippen molar-refractivity contribution in [3.63, 3.8) is 0 Å². The van der Waals surface area contributed by atoms with Gasteiger partial charge in [0.25, 0.3) is 11.8 Å². The molecule has 0 aliphatic carbocycles. The topological polar surface area (TPSA) is 77.2 Å². The Kier molecular flexibility index (Phi) is 5.80. The van der Waals surface area contributed by atoms with Gasteiger partial charge < -0.3 is 9.15 Å². The van der Waals surface area contributed by atoms with Crippen LogP contribution in [0.4, 0.5) is 6.01 Å². The summed E-state index contributed by atoms with van der Waals surface area (Å²) in [6.07, 6.45) is 0. The predicted molar refractivity (Wildman–Crippen MR) is 102 cm³/mol. The SMILES string of the molecule is CC(C)c1ccc(OCC(=O)Nc2nnc(-c3cc(Cl)sc3Cl)o2)cc1. The van der Waals surface area contributed by atoms with Gasteiger partial charge in [-0.3, -0.25) is 10.1 Å². The van der Waals surface area contributed by atoms with E-state index >= 15 is 0 Å². The van der Waals surface area contributed by atoms with E-state index < -0.39 is 5.91 Å². The molecule has 3 aromatic rings. The molecule has 0 spiro atoms. The number of hydrogen-bond donors (Lipinski definition) is 1. The molecule has 3 rings (SSSR count). The first-order valence-corrected chi connectivity index (χ1v) is 9.31. The van der Waals surface area contributed by atoms with Crippen LogP contribution in [0, 0.1) is 0 Å². The Morgan fingerprint density at radius 3 is 2.62 bits per heavy atom. The zero-order valence-corrected chi connectivity index (χ0v) is 16.3. The molecule has 0 aliphatic heterocycles. The lowest BCUT2D eigenvalue weighted by molar-refractivity contribution is -0.118. The summed E-state index contributed by atoms with van der Waals surface area (Å²) < 4.78 is 11.8. The molecule has 0 bridgehead atoms. The number of anilines is 1. The summed E-state index contributed by atoms with van der Waals surface area (Å²) in [6, 6.07) is 9.18. The van der Waals surface area contributed by atoms with Crippen molar-refractivity contribution in [3.05, 3.63) is 44.6 Å². The minimum absolute atomic E-state index is 0.0397. The largest absolute Gasteiger partial charge is 0.484 e. The molecule has 9 heteroatoms. The first-order chi connectivity index (χ1) is 12.4. The Balaban J connectivity index is 1.56. The summed E-state index contributed by atoms with van der Waals surface area (Å²) in [5.41, 5.74) is 1.73. The summed E-state index contributed by atoms with van der Waals surface area (Å²) in [5.74, 6) is 0.808. The number of ether oxygens (including phenoxy) is 1. The molecular formula is C17H15Cl2N3O3S. The third-order valence-electron chi connectivity index (χ3n) is 3.48. The van der Waals surface area contributed by atoms with Crippen LogP contribution in [0.25, 0.3) is 11.5 Å². The molecule has 0 radical (unpaired) electrons. The number of hydrogen-bond acceptors (Lipinski definition) is 6. The van der Waals surface area contributed by atoms with Crippen molar-refractivity contribution in [1.82, 2.24) is 10.2 Å². The molecule has 1 amide bonds. The maximum atomic E-state index is 12.0. The van der Waals surface area contributed by atoms with Gasteiger partial charge in [-0.1, -0.05) is 54.3 Å². The highest BCUT2D eigenvalue weighted by atomic mass is 35.5. The number of benzene rings is 1. The zero-order chi connectivity index (χ0) is 18.7. The number of thiophene rings is 1. The summed E-state index contributed by atoms with van der Waals surface area (Å²) in [4.78, 5) is 12.0. The smallest absolute Gasteiger partial charge is 0.322 e. The molecular weight excluding hydrogens is 397 g/mol. The average molecular weight is 412 g/mol. The number of carbonyl (C=O) groups excluding carboxylic acids is 1. The van der Waals surface area contributed by atoms with Crippen molar-refractivity contribution in [2.75, 3.05) is 11.9 Å².